The molecule has 1 aromatic heterocycles. The molecule has 0 aliphatic carbocycles. The van der Waals surface area contributed by atoms with Crippen LogP contribution >= 0.6 is 15.9 Å². The maximum absolute atomic E-state index is 5.59. The minimum Gasteiger partial charge on any atom is -0.473 e. The van der Waals surface area contributed by atoms with Crippen molar-refractivity contribution in [1.82, 2.24) is 9.97 Å². The molecule has 0 amide bonds. The third kappa shape index (κ3) is 3.17. The number of aromatic nitrogens is 2. The molecule has 5 heteroatoms. The molecule has 0 bridgehead atoms. The Morgan fingerprint density at radius 3 is 2.88 bits per heavy atom. The molecule has 17 heavy (non-hydrogen) atoms. The Kier molecular flexibility index (Phi) is 3.93. The lowest BCUT2D eigenvalue weighted by molar-refractivity contribution is 0.293. The predicted molar refractivity (Wildman–Crippen MR) is 70.1 cm³/mol. The minimum atomic E-state index is 0.474. The molecule has 0 saturated heterocycles. The van der Waals surface area contributed by atoms with Gasteiger partial charge in [-0.2, -0.15) is 4.98 Å². The molecule has 0 aliphatic heterocycles. The van der Waals surface area contributed by atoms with Gasteiger partial charge in [0.05, 0.1) is 0 Å². The van der Waals surface area contributed by atoms with Gasteiger partial charge >= 0.3 is 0 Å². The van der Waals surface area contributed by atoms with E-state index in [4.69, 9.17) is 4.74 Å². The molecule has 0 aliphatic rings. The Labute approximate surface area is 108 Å². The molecule has 0 saturated carbocycles. The Morgan fingerprint density at radius 1 is 1.29 bits per heavy atom. The van der Waals surface area contributed by atoms with E-state index in [9.17, 15) is 0 Å². The minimum absolute atomic E-state index is 0.474. The van der Waals surface area contributed by atoms with E-state index in [1.807, 2.05) is 24.3 Å². The van der Waals surface area contributed by atoms with Gasteiger partial charge in [-0.3, -0.25) is 0 Å². The molecule has 88 valence electrons. The predicted octanol–water partition coefficient (Wildman–Crippen LogP) is 2.86. The lowest BCUT2D eigenvalue weighted by Crippen LogP contribution is -2.01. The van der Waals surface area contributed by atoms with Crippen LogP contribution in [-0.2, 0) is 6.61 Å². The molecule has 4 nitrogen and oxygen atoms in total. The van der Waals surface area contributed by atoms with Gasteiger partial charge in [0.25, 0.3) is 0 Å². The fourth-order valence-electron chi connectivity index (χ4n) is 1.31. The Morgan fingerprint density at radius 2 is 2.12 bits per heavy atom. The van der Waals surface area contributed by atoms with Crippen molar-refractivity contribution in [2.24, 2.45) is 0 Å². The number of halogens is 1. The molecule has 2 aromatic rings. The van der Waals surface area contributed by atoms with Crippen LogP contribution < -0.4 is 10.1 Å². The summed E-state index contributed by atoms with van der Waals surface area (Å²) >= 11 is 3.47. The van der Waals surface area contributed by atoms with Crippen LogP contribution in [0.5, 0.6) is 5.88 Å². The molecule has 1 N–H and O–H groups in total. The van der Waals surface area contributed by atoms with E-state index < -0.39 is 0 Å². The summed E-state index contributed by atoms with van der Waals surface area (Å²) in [5.74, 6) is 1.11. The Balaban J connectivity index is 2.05. The average molecular weight is 294 g/mol. The molecule has 0 spiro atoms. The zero-order valence-electron chi connectivity index (χ0n) is 9.35. The molecule has 0 fully saturated rings. The van der Waals surface area contributed by atoms with Gasteiger partial charge in [-0.15, -0.1) is 0 Å². The number of nitrogens with zero attached hydrogens (tertiary/aromatic N) is 2. The number of benzene rings is 1. The average Bonchev–Trinajstić information content (AvgIpc) is 2.38. The maximum Gasteiger partial charge on any atom is 0.225 e. The first-order valence-electron chi connectivity index (χ1n) is 5.16. The summed E-state index contributed by atoms with van der Waals surface area (Å²) < 4.78 is 6.62. The van der Waals surface area contributed by atoms with Crippen LogP contribution in [0.3, 0.4) is 0 Å². The molecule has 2 rings (SSSR count). The zero-order valence-corrected chi connectivity index (χ0v) is 10.9. The number of nitrogens with one attached hydrogen (secondary N) is 1. The summed E-state index contributed by atoms with van der Waals surface area (Å²) in [6.07, 6.45) is 1.66. The van der Waals surface area contributed by atoms with E-state index in [0.29, 0.717) is 18.4 Å². The highest BCUT2D eigenvalue weighted by atomic mass is 79.9. The number of ether oxygens (including phenoxy) is 1. The van der Waals surface area contributed by atoms with Crippen molar-refractivity contribution in [1.29, 1.82) is 0 Å². The highest BCUT2D eigenvalue weighted by molar-refractivity contribution is 9.10. The number of rotatable bonds is 4. The molecule has 0 radical (unpaired) electrons. The number of hydrogen-bond acceptors (Lipinski definition) is 4. The number of hydrogen-bond donors (Lipinski definition) is 1. The van der Waals surface area contributed by atoms with E-state index in [-0.39, 0.29) is 0 Å². The van der Waals surface area contributed by atoms with Crippen molar-refractivity contribution < 1.29 is 4.74 Å². The fraction of sp³-hybridized carbons (Fsp3) is 0.167. The second kappa shape index (κ2) is 5.63. The summed E-state index contributed by atoms with van der Waals surface area (Å²) in [5, 5.41) is 2.87. The SMILES string of the molecule is CNc1nccc(OCc2ccccc2Br)n1. The Bertz CT molecular complexity index is 505. The topological polar surface area (TPSA) is 47.0 Å². The van der Waals surface area contributed by atoms with Gasteiger partial charge in [-0.05, 0) is 6.07 Å². The normalized spacial score (nSPS) is 10.0. The van der Waals surface area contributed by atoms with Crippen LogP contribution in [0.1, 0.15) is 5.56 Å². The third-order valence-corrected chi connectivity index (χ3v) is 2.96. The monoisotopic (exact) mass is 293 g/mol. The second-order valence-corrected chi connectivity index (χ2v) is 4.20. The van der Waals surface area contributed by atoms with Crippen molar-refractivity contribution >= 4 is 21.9 Å². The van der Waals surface area contributed by atoms with Crippen LogP contribution in [0.4, 0.5) is 5.95 Å². The van der Waals surface area contributed by atoms with Crippen LogP contribution in [0, 0.1) is 0 Å². The van der Waals surface area contributed by atoms with Gasteiger partial charge in [-0.25, -0.2) is 4.98 Å². The van der Waals surface area contributed by atoms with Crippen LogP contribution in [0.15, 0.2) is 41.0 Å². The van der Waals surface area contributed by atoms with Crippen molar-refractivity contribution in [2.45, 2.75) is 6.61 Å². The molecular weight excluding hydrogens is 282 g/mol. The van der Waals surface area contributed by atoms with Gasteiger partial charge in [0.15, 0.2) is 0 Å². The largest absolute Gasteiger partial charge is 0.473 e. The van der Waals surface area contributed by atoms with Gasteiger partial charge in [0, 0.05) is 29.3 Å². The summed E-state index contributed by atoms with van der Waals surface area (Å²) in [6.45, 7) is 0.474. The molecule has 0 unspecified atom stereocenters. The van der Waals surface area contributed by atoms with Crippen molar-refractivity contribution in [3.05, 3.63) is 46.6 Å². The van der Waals surface area contributed by atoms with Gasteiger partial charge in [0.2, 0.25) is 11.8 Å². The second-order valence-electron chi connectivity index (χ2n) is 3.35. The Hall–Kier alpha value is -1.62. The van der Waals surface area contributed by atoms with E-state index in [1.165, 1.54) is 0 Å². The lowest BCUT2D eigenvalue weighted by Gasteiger charge is -2.07. The fourth-order valence-corrected chi connectivity index (χ4v) is 1.71. The van der Waals surface area contributed by atoms with Crippen molar-refractivity contribution in [2.75, 3.05) is 12.4 Å². The highest BCUT2D eigenvalue weighted by Gasteiger charge is 2.01. The van der Waals surface area contributed by atoms with E-state index in [0.717, 1.165) is 10.0 Å². The molecule has 0 atom stereocenters. The van der Waals surface area contributed by atoms with Gasteiger partial charge < -0.3 is 10.1 Å². The first-order chi connectivity index (χ1) is 8.29. The van der Waals surface area contributed by atoms with E-state index in [2.05, 4.69) is 31.2 Å². The van der Waals surface area contributed by atoms with Crippen LogP contribution in [0.2, 0.25) is 0 Å². The summed E-state index contributed by atoms with van der Waals surface area (Å²) in [6, 6.07) is 9.67. The standard InChI is InChI=1S/C12H12BrN3O/c1-14-12-15-7-6-11(16-12)17-8-9-4-2-3-5-10(9)13/h2-7H,8H2,1H3,(H,14,15,16). The molecular formula is C12H12BrN3O. The number of anilines is 1. The third-order valence-electron chi connectivity index (χ3n) is 2.19. The van der Waals surface area contributed by atoms with Crippen molar-refractivity contribution in [3.63, 3.8) is 0 Å². The molecule has 1 aromatic carbocycles. The zero-order chi connectivity index (χ0) is 12.1. The van der Waals surface area contributed by atoms with Crippen molar-refractivity contribution in [3.8, 4) is 5.88 Å². The van der Waals surface area contributed by atoms with Crippen LogP contribution in [0.25, 0.3) is 0 Å². The first-order valence-corrected chi connectivity index (χ1v) is 5.96. The summed E-state index contributed by atoms with van der Waals surface area (Å²) in [4.78, 5) is 8.20. The van der Waals surface area contributed by atoms with Gasteiger partial charge in [0.1, 0.15) is 6.61 Å². The lowest BCUT2D eigenvalue weighted by atomic mass is 10.2. The summed E-state index contributed by atoms with van der Waals surface area (Å²) in [5.41, 5.74) is 1.08. The highest BCUT2D eigenvalue weighted by Crippen LogP contribution is 2.18. The molecule has 1 heterocycles. The van der Waals surface area contributed by atoms with E-state index >= 15 is 0 Å². The van der Waals surface area contributed by atoms with E-state index in [1.54, 1.807) is 19.3 Å². The van der Waals surface area contributed by atoms with Gasteiger partial charge in [-0.1, -0.05) is 34.1 Å². The first kappa shape index (κ1) is 11.9. The quantitative estimate of drug-likeness (QED) is 0.942. The smallest absolute Gasteiger partial charge is 0.225 e. The summed E-state index contributed by atoms with van der Waals surface area (Å²) in [7, 11) is 1.77. The van der Waals surface area contributed by atoms with Crippen LogP contribution in [-0.4, -0.2) is 17.0 Å². The maximum atomic E-state index is 5.59.